The lowest BCUT2D eigenvalue weighted by Crippen LogP contribution is -1.99. The van der Waals surface area contributed by atoms with Crippen LogP contribution in [0.25, 0.3) is 6.08 Å². The third-order valence-electron chi connectivity index (χ3n) is 3.23. The highest BCUT2D eigenvalue weighted by Crippen LogP contribution is 2.23. The minimum Gasteiger partial charge on any atom is -0.496 e. The quantitative estimate of drug-likeness (QED) is 0.787. The van der Waals surface area contributed by atoms with Crippen molar-refractivity contribution >= 4 is 6.08 Å². The van der Waals surface area contributed by atoms with Gasteiger partial charge in [0.2, 0.25) is 0 Å². The standard InChI is InChI=1S/C19H13N3O2/c1-23-19-7-4-15(8-16(11-21)12-22)9-17(19)13-24-18-5-2-14(10-20)3-6-18/h2-9H,13H2,1H3. The maximum absolute atomic E-state index is 8.84. The van der Waals surface area contributed by atoms with E-state index in [1.54, 1.807) is 49.6 Å². The Hall–Kier alpha value is -3.75. The van der Waals surface area contributed by atoms with Gasteiger partial charge < -0.3 is 9.47 Å². The second-order valence-corrected chi connectivity index (χ2v) is 4.78. The van der Waals surface area contributed by atoms with E-state index in [0.29, 0.717) is 22.6 Å². The van der Waals surface area contributed by atoms with Gasteiger partial charge >= 0.3 is 0 Å². The molecule has 0 saturated heterocycles. The normalized spacial score (nSPS) is 9.08. The maximum Gasteiger partial charge on any atom is 0.130 e. The molecular formula is C19H13N3O2. The van der Waals surface area contributed by atoms with Gasteiger partial charge in [-0.25, -0.2) is 0 Å². The number of allylic oxidation sites excluding steroid dienone is 1. The molecule has 0 fully saturated rings. The number of nitriles is 3. The molecule has 0 unspecified atom stereocenters. The number of rotatable bonds is 5. The minimum atomic E-state index is 0.0270. The minimum absolute atomic E-state index is 0.0270. The summed E-state index contributed by atoms with van der Waals surface area (Å²) in [6.45, 7) is 0.255. The van der Waals surface area contributed by atoms with Gasteiger partial charge in [0.05, 0.1) is 18.7 Å². The van der Waals surface area contributed by atoms with Gasteiger partial charge in [-0.1, -0.05) is 6.07 Å². The Morgan fingerprint density at radius 1 is 1.04 bits per heavy atom. The molecule has 2 aromatic carbocycles. The topological polar surface area (TPSA) is 89.8 Å². The molecule has 116 valence electrons. The molecule has 0 N–H and O–H groups in total. The van der Waals surface area contributed by atoms with Gasteiger partial charge in [0.1, 0.15) is 35.8 Å². The van der Waals surface area contributed by atoms with Crippen LogP contribution in [0.4, 0.5) is 0 Å². The van der Waals surface area contributed by atoms with Crippen molar-refractivity contribution in [3.05, 3.63) is 64.7 Å². The van der Waals surface area contributed by atoms with Crippen molar-refractivity contribution in [3.8, 4) is 29.7 Å². The zero-order valence-electron chi connectivity index (χ0n) is 13.0. The Morgan fingerprint density at radius 3 is 2.33 bits per heavy atom. The third kappa shape index (κ3) is 4.13. The van der Waals surface area contributed by atoms with Crippen LogP contribution in [0.15, 0.2) is 48.0 Å². The molecule has 0 aromatic heterocycles. The average molecular weight is 315 g/mol. The number of benzene rings is 2. The fourth-order valence-electron chi connectivity index (χ4n) is 2.04. The average Bonchev–Trinajstić information content (AvgIpc) is 2.64. The summed E-state index contributed by atoms with van der Waals surface area (Å²) in [6.07, 6.45) is 1.50. The lowest BCUT2D eigenvalue weighted by molar-refractivity contribution is 0.296. The van der Waals surface area contributed by atoms with Crippen molar-refractivity contribution in [2.24, 2.45) is 0 Å². The van der Waals surface area contributed by atoms with Crippen molar-refractivity contribution in [2.75, 3.05) is 7.11 Å². The summed E-state index contributed by atoms with van der Waals surface area (Å²) in [5, 5.41) is 26.5. The number of methoxy groups -OCH3 is 1. The summed E-state index contributed by atoms with van der Waals surface area (Å²) in [7, 11) is 1.56. The fraction of sp³-hybridized carbons (Fsp3) is 0.105. The van der Waals surface area contributed by atoms with E-state index < -0.39 is 0 Å². The van der Waals surface area contributed by atoms with Crippen LogP contribution in [0.1, 0.15) is 16.7 Å². The molecule has 0 aliphatic carbocycles. The van der Waals surface area contributed by atoms with Crippen LogP contribution in [-0.2, 0) is 6.61 Å². The Balaban J connectivity index is 2.21. The molecule has 0 amide bonds. The molecule has 5 nitrogen and oxygen atoms in total. The Kier molecular flexibility index (Phi) is 5.56. The summed E-state index contributed by atoms with van der Waals surface area (Å²) in [5.41, 5.74) is 2.09. The Morgan fingerprint density at radius 2 is 1.75 bits per heavy atom. The SMILES string of the molecule is COc1ccc(C=C(C#N)C#N)cc1COc1ccc(C#N)cc1. The molecule has 24 heavy (non-hydrogen) atoms. The van der Waals surface area contributed by atoms with E-state index in [9.17, 15) is 0 Å². The first-order chi connectivity index (χ1) is 11.7. The van der Waals surface area contributed by atoms with Crippen molar-refractivity contribution in [1.29, 1.82) is 15.8 Å². The molecule has 0 saturated carbocycles. The first-order valence-corrected chi connectivity index (χ1v) is 7.02. The smallest absolute Gasteiger partial charge is 0.130 e. The molecule has 5 heteroatoms. The van der Waals surface area contributed by atoms with Crippen LogP contribution in [0, 0.1) is 34.0 Å². The van der Waals surface area contributed by atoms with Crippen molar-refractivity contribution in [3.63, 3.8) is 0 Å². The largest absolute Gasteiger partial charge is 0.496 e. The Bertz CT molecular complexity index is 863. The van der Waals surface area contributed by atoms with Crippen LogP contribution < -0.4 is 9.47 Å². The van der Waals surface area contributed by atoms with Crippen LogP contribution in [0.5, 0.6) is 11.5 Å². The van der Waals surface area contributed by atoms with E-state index in [0.717, 1.165) is 5.56 Å². The molecular weight excluding hydrogens is 302 g/mol. The van der Waals surface area contributed by atoms with Crippen molar-refractivity contribution in [2.45, 2.75) is 6.61 Å². The lowest BCUT2D eigenvalue weighted by atomic mass is 10.1. The van der Waals surface area contributed by atoms with Gasteiger partial charge in [-0.05, 0) is 48.0 Å². The number of ether oxygens (including phenoxy) is 2. The van der Waals surface area contributed by atoms with Gasteiger partial charge in [-0.3, -0.25) is 0 Å². The van der Waals surface area contributed by atoms with E-state index in [1.807, 2.05) is 18.2 Å². The van der Waals surface area contributed by atoms with Gasteiger partial charge in [-0.15, -0.1) is 0 Å². The summed E-state index contributed by atoms with van der Waals surface area (Å²) >= 11 is 0. The number of hydrogen-bond donors (Lipinski definition) is 0. The highest BCUT2D eigenvalue weighted by Gasteiger charge is 2.06. The van der Waals surface area contributed by atoms with Crippen LogP contribution in [0.2, 0.25) is 0 Å². The zero-order chi connectivity index (χ0) is 17.4. The number of hydrogen-bond acceptors (Lipinski definition) is 5. The van der Waals surface area contributed by atoms with E-state index in [2.05, 4.69) is 0 Å². The summed E-state index contributed by atoms with van der Waals surface area (Å²) in [6, 6.07) is 17.8. The summed E-state index contributed by atoms with van der Waals surface area (Å²) in [4.78, 5) is 0. The molecule has 0 spiro atoms. The second kappa shape index (κ2) is 8.03. The molecule has 0 heterocycles. The van der Waals surface area contributed by atoms with Crippen LogP contribution >= 0.6 is 0 Å². The molecule has 0 aliphatic rings. The van der Waals surface area contributed by atoms with Gasteiger partial charge in [0.15, 0.2) is 0 Å². The molecule has 2 rings (SSSR count). The zero-order valence-corrected chi connectivity index (χ0v) is 13.0. The predicted molar refractivity (Wildman–Crippen MR) is 87.7 cm³/mol. The van der Waals surface area contributed by atoms with Gasteiger partial charge in [-0.2, -0.15) is 15.8 Å². The molecule has 0 atom stereocenters. The van der Waals surface area contributed by atoms with Crippen LogP contribution in [0.3, 0.4) is 0 Å². The predicted octanol–water partition coefficient (Wildman–Crippen LogP) is 3.58. The first kappa shape index (κ1) is 16.6. The highest BCUT2D eigenvalue weighted by molar-refractivity contribution is 5.63. The molecule has 0 aliphatic heterocycles. The molecule has 2 aromatic rings. The summed E-state index contributed by atoms with van der Waals surface area (Å²) in [5.74, 6) is 1.28. The van der Waals surface area contributed by atoms with Crippen molar-refractivity contribution < 1.29 is 9.47 Å². The fourth-order valence-corrected chi connectivity index (χ4v) is 2.04. The second-order valence-electron chi connectivity index (χ2n) is 4.78. The van der Waals surface area contributed by atoms with Crippen LogP contribution in [-0.4, -0.2) is 7.11 Å². The number of nitrogens with zero attached hydrogens (tertiary/aromatic N) is 3. The van der Waals surface area contributed by atoms with Gasteiger partial charge in [0.25, 0.3) is 0 Å². The van der Waals surface area contributed by atoms with E-state index in [4.69, 9.17) is 25.3 Å². The maximum atomic E-state index is 8.84. The van der Waals surface area contributed by atoms with E-state index in [1.165, 1.54) is 6.08 Å². The first-order valence-electron chi connectivity index (χ1n) is 7.02. The van der Waals surface area contributed by atoms with Crippen molar-refractivity contribution in [1.82, 2.24) is 0 Å². The van der Waals surface area contributed by atoms with Gasteiger partial charge in [0, 0.05) is 5.56 Å². The molecule has 0 bridgehead atoms. The lowest BCUT2D eigenvalue weighted by Gasteiger charge is -2.11. The Labute approximate surface area is 140 Å². The third-order valence-corrected chi connectivity index (χ3v) is 3.23. The van der Waals surface area contributed by atoms with E-state index >= 15 is 0 Å². The molecule has 0 radical (unpaired) electrons. The highest BCUT2D eigenvalue weighted by atomic mass is 16.5. The summed E-state index contributed by atoms with van der Waals surface area (Å²) < 4.78 is 11.0. The monoisotopic (exact) mass is 315 g/mol. The van der Waals surface area contributed by atoms with E-state index in [-0.39, 0.29) is 12.2 Å².